The molecule has 0 saturated heterocycles. The Morgan fingerprint density at radius 3 is 2.36 bits per heavy atom. The average Bonchev–Trinajstić information content (AvgIpc) is 3.36. The van der Waals surface area contributed by atoms with Gasteiger partial charge in [0.05, 0.1) is 16.1 Å². The number of carbonyl (C=O) groups is 1. The lowest BCUT2D eigenvalue weighted by Gasteiger charge is -2.11. The maximum absolute atomic E-state index is 12.5. The molecule has 0 aromatic heterocycles. The third-order valence-electron chi connectivity index (χ3n) is 3.90. The number of amides is 1. The summed E-state index contributed by atoms with van der Waals surface area (Å²) in [5.74, 6) is -0.193. The Labute approximate surface area is 148 Å². The number of nitrogens with one attached hydrogen (secondary N) is 2. The van der Waals surface area contributed by atoms with Crippen molar-refractivity contribution in [1.29, 1.82) is 0 Å². The van der Waals surface area contributed by atoms with Crippen LogP contribution in [0.15, 0.2) is 42.5 Å². The first kappa shape index (κ1) is 17.6. The summed E-state index contributed by atoms with van der Waals surface area (Å²) in [6.45, 7) is 0.349. The van der Waals surface area contributed by atoms with E-state index in [2.05, 4.69) is 10.6 Å². The number of alkyl halides is 3. The van der Waals surface area contributed by atoms with Crippen LogP contribution in [0.3, 0.4) is 0 Å². The number of benzene rings is 2. The first-order chi connectivity index (χ1) is 11.8. The summed E-state index contributed by atoms with van der Waals surface area (Å²) in [5, 5.41) is 6.28. The van der Waals surface area contributed by atoms with Gasteiger partial charge >= 0.3 is 6.18 Å². The van der Waals surface area contributed by atoms with Crippen LogP contribution in [0.25, 0.3) is 0 Å². The molecule has 1 fully saturated rings. The second-order valence-corrected chi connectivity index (χ2v) is 6.40. The van der Waals surface area contributed by atoms with Crippen molar-refractivity contribution >= 4 is 23.2 Å². The molecule has 2 N–H and O–H groups in total. The van der Waals surface area contributed by atoms with E-state index in [0.717, 1.165) is 25.0 Å². The maximum Gasteiger partial charge on any atom is 0.416 e. The second-order valence-electron chi connectivity index (χ2n) is 5.99. The summed E-state index contributed by atoms with van der Waals surface area (Å²) < 4.78 is 37.6. The maximum atomic E-state index is 12.5. The van der Waals surface area contributed by atoms with E-state index >= 15 is 0 Å². The van der Waals surface area contributed by atoms with Gasteiger partial charge in [0, 0.05) is 18.3 Å². The van der Waals surface area contributed by atoms with Gasteiger partial charge in [0.25, 0.3) is 5.91 Å². The second kappa shape index (κ2) is 6.96. The zero-order chi connectivity index (χ0) is 18.0. The van der Waals surface area contributed by atoms with Crippen molar-refractivity contribution in [3.8, 4) is 0 Å². The van der Waals surface area contributed by atoms with Crippen molar-refractivity contribution in [3.63, 3.8) is 0 Å². The zero-order valence-corrected chi connectivity index (χ0v) is 13.9. The molecule has 1 aliphatic carbocycles. The molecule has 0 radical (unpaired) electrons. The molecule has 0 spiro atoms. The van der Waals surface area contributed by atoms with Crippen molar-refractivity contribution in [2.75, 3.05) is 5.32 Å². The number of hydrogen-bond donors (Lipinski definition) is 2. The fourth-order valence-electron chi connectivity index (χ4n) is 2.32. The molecule has 0 heterocycles. The van der Waals surface area contributed by atoms with Gasteiger partial charge in [0.2, 0.25) is 0 Å². The highest BCUT2D eigenvalue weighted by Gasteiger charge is 2.29. The van der Waals surface area contributed by atoms with Gasteiger partial charge in [-0.1, -0.05) is 23.7 Å². The van der Waals surface area contributed by atoms with E-state index in [-0.39, 0.29) is 11.9 Å². The van der Waals surface area contributed by atoms with Gasteiger partial charge in [0.1, 0.15) is 0 Å². The van der Waals surface area contributed by atoms with Gasteiger partial charge in [-0.2, -0.15) is 13.2 Å². The fraction of sp³-hybridized carbons (Fsp3) is 0.278. The lowest BCUT2D eigenvalue weighted by Crippen LogP contribution is -2.25. The van der Waals surface area contributed by atoms with Crippen molar-refractivity contribution in [3.05, 3.63) is 64.2 Å². The molecule has 7 heteroatoms. The van der Waals surface area contributed by atoms with E-state index in [4.69, 9.17) is 11.6 Å². The molecule has 2 aromatic rings. The lowest BCUT2D eigenvalue weighted by atomic mass is 10.1. The number of carbonyl (C=O) groups excluding carboxylic acids is 1. The van der Waals surface area contributed by atoms with Gasteiger partial charge in [-0.05, 0) is 48.7 Å². The zero-order valence-electron chi connectivity index (χ0n) is 13.2. The van der Waals surface area contributed by atoms with E-state index in [9.17, 15) is 18.0 Å². The Hall–Kier alpha value is -2.21. The minimum atomic E-state index is -4.34. The Morgan fingerprint density at radius 1 is 1.12 bits per heavy atom. The Bertz CT molecular complexity index is 771. The van der Waals surface area contributed by atoms with Crippen molar-refractivity contribution in [2.24, 2.45) is 0 Å². The third-order valence-corrected chi connectivity index (χ3v) is 4.22. The van der Waals surface area contributed by atoms with Crippen LogP contribution in [0.4, 0.5) is 18.9 Å². The molecule has 1 amide bonds. The minimum absolute atomic E-state index is 0.193. The molecular formula is C18H16ClF3N2O. The summed E-state index contributed by atoms with van der Waals surface area (Å²) in [7, 11) is 0. The molecule has 0 bridgehead atoms. The molecule has 2 aromatic carbocycles. The largest absolute Gasteiger partial charge is 0.416 e. The van der Waals surface area contributed by atoms with Gasteiger partial charge in [0.15, 0.2) is 0 Å². The predicted octanol–water partition coefficient (Wildman–Crippen LogP) is 4.86. The van der Waals surface area contributed by atoms with E-state index in [1.165, 1.54) is 12.1 Å². The first-order valence-electron chi connectivity index (χ1n) is 7.83. The Morgan fingerprint density at radius 2 is 1.80 bits per heavy atom. The summed E-state index contributed by atoms with van der Waals surface area (Å²) in [5.41, 5.74) is 1.13. The summed E-state index contributed by atoms with van der Waals surface area (Å²) >= 11 is 6.15. The number of rotatable bonds is 5. The molecule has 0 unspecified atom stereocenters. The number of halogens is 4. The highest BCUT2D eigenvalue weighted by atomic mass is 35.5. The van der Waals surface area contributed by atoms with Crippen LogP contribution in [0.1, 0.15) is 34.3 Å². The van der Waals surface area contributed by atoms with Crippen molar-refractivity contribution in [2.45, 2.75) is 31.6 Å². The normalized spacial score (nSPS) is 14.2. The molecule has 3 rings (SSSR count). The first-order valence-corrected chi connectivity index (χ1v) is 8.21. The van der Waals surface area contributed by atoms with Crippen LogP contribution >= 0.6 is 11.6 Å². The monoisotopic (exact) mass is 368 g/mol. The third kappa shape index (κ3) is 4.66. The average molecular weight is 369 g/mol. The SMILES string of the molecule is O=C(NC1CC1)c1ccc(NCc2ccc(C(F)(F)F)cc2)cc1Cl. The molecule has 0 aliphatic heterocycles. The summed E-state index contributed by atoms with van der Waals surface area (Å²) in [6.07, 6.45) is -2.34. The van der Waals surface area contributed by atoms with Crippen LogP contribution in [0.2, 0.25) is 5.02 Å². The number of hydrogen-bond acceptors (Lipinski definition) is 2. The molecule has 3 nitrogen and oxygen atoms in total. The van der Waals surface area contributed by atoms with Crippen LogP contribution in [-0.4, -0.2) is 11.9 Å². The molecule has 1 saturated carbocycles. The summed E-state index contributed by atoms with van der Waals surface area (Å²) in [4.78, 5) is 12.0. The smallest absolute Gasteiger partial charge is 0.381 e. The highest BCUT2D eigenvalue weighted by molar-refractivity contribution is 6.34. The Balaban J connectivity index is 1.61. The molecule has 132 valence electrons. The van der Waals surface area contributed by atoms with E-state index in [1.807, 2.05) is 0 Å². The van der Waals surface area contributed by atoms with Crippen molar-refractivity contribution in [1.82, 2.24) is 5.32 Å². The van der Waals surface area contributed by atoms with Crippen LogP contribution in [-0.2, 0) is 12.7 Å². The van der Waals surface area contributed by atoms with Crippen molar-refractivity contribution < 1.29 is 18.0 Å². The van der Waals surface area contributed by atoms with Crippen LogP contribution < -0.4 is 10.6 Å². The van der Waals surface area contributed by atoms with Gasteiger partial charge in [-0.15, -0.1) is 0 Å². The van der Waals surface area contributed by atoms with Crippen LogP contribution in [0.5, 0.6) is 0 Å². The molecule has 1 aliphatic rings. The molecule has 0 atom stereocenters. The topological polar surface area (TPSA) is 41.1 Å². The van der Waals surface area contributed by atoms with E-state index < -0.39 is 11.7 Å². The summed E-state index contributed by atoms with van der Waals surface area (Å²) in [6, 6.07) is 10.2. The van der Waals surface area contributed by atoms with E-state index in [1.54, 1.807) is 18.2 Å². The van der Waals surface area contributed by atoms with Gasteiger partial charge in [-0.3, -0.25) is 4.79 Å². The quantitative estimate of drug-likeness (QED) is 0.791. The molecule has 25 heavy (non-hydrogen) atoms. The van der Waals surface area contributed by atoms with E-state index in [0.29, 0.717) is 28.4 Å². The van der Waals surface area contributed by atoms with Gasteiger partial charge < -0.3 is 10.6 Å². The minimum Gasteiger partial charge on any atom is -0.381 e. The predicted molar refractivity (Wildman–Crippen MR) is 90.7 cm³/mol. The van der Waals surface area contributed by atoms with Gasteiger partial charge in [-0.25, -0.2) is 0 Å². The fourth-order valence-corrected chi connectivity index (χ4v) is 2.58. The Kier molecular flexibility index (Phi) is 4.90. The number of anilines is 1. The standard InChI is InChI=1S/C18H16ClF3N2O/c19-16-9-14(7-8-15(16)17(25)24-13-5-6-13)23-10-11-1-3-12(4-2-11)18(20,21)22/h1-4,7-9,13,23H,5-6,10H2,(H,24,25). The van der Waals surface area contributed by atoms with Crippen LogP contribution in [0, 0.1) is 0 Å². The lowest BCUT2D eigenvalue weighted by molar-refractivity contribution is -0.137. The molecular weight excluding hydrogens is 353 g/mol. The highest BCUT2D eigenvalue weighted by Crippen LogP contribution is 2.29.